The van der Waals surface area contributed by atoms with Crippen LogP contribution < -0.4 is 0 Å². The van der Waals surface area contributed by atoms with Crippen molar-refractivity contribution < 1.29 is 4.79 Å². The van der Waals surface area contributed by atoms with Crippen molar-refractivity contribution >= 4 is 50.8 Å². The Hall–Kier alpha value is -2.74. The van der Waals surface area contributed by atoms with Crippen LogP contribution in [-0.4, -0.2) is 56.3 Å². The highest BCUT2D eigenvalue weighted by Gasteiger charge is 2.21. The Bertz CT molecular complexity index is 1210. The molecular weight excluding hydrogens is 418 g/mol. The summed E-state index contributed by atoms with van der Waals surface area (Å²) in [6, 6.07) is 13.9. The molecule has 152 valence electrons. The second kappa shape index (κ2) is 8.18. The van der Waals surface area contributed by atoms with Gasteiger partial charge in [-0.25, -0.2) is 9.97 Å². The van der Waals surface area contributed by atoms with E-state index in [0.29, 0.717) is 18.2 Å². The van der Waals surface area contributed by atoms with Crippen molar-refractivity contribution in [2.24, 2.45) is 0 Å². The Labute approximate surface area is 183 Å². The van der Waals surface area contributed by atoms with Gasteiger partial charge in [0, 0.05) is 38.5 Å². The number of hydrogen-bond acceptors (Lipinski definition) is 5. The fourth-order valence-corrected chi connectivity index (χ4v) is 4.95. The van der Waals surface area contributed by atoms with Crippen LogP contribution >= 0.6 is 22.9 Å². The smallest absolute Gasteiger partial charge is 0.246 e. The molecule has 5 rings (SSSR count). The minimum atomic E-state index is -0.00316. The average molecular weight is 438 g/mol. The largest absolute Gasteiger partial charge is 0.337 e. The average Bonchev–Trinajstić information content (AvgIpc) is 3.31. The molecule has 8 heteroatoms. The number of pyridine rings is 1. The van der Waals surface area contributed by atoms with Crippen molar-refractivity contribution in [1.29, 1.82) is 0 Å². The van der Waals surface area contributed by atoms with E-state index in [1.165, 1.54) is 4.70 Å². The normalized spacial score (nSPS) is 15.6. The van der Waals surface area contributed by atoms with Gasteiger partial charge in [-0.3, -0.25) is 14.1 Å². The van der Waals surface area contributed by atoms with Crippen molar-refractivity contribution in [3.8, 4) is 0 Å². The molecule has 4 heterocycles. The molecule has 0 unspecified atom stereocenters. The SMILES string of the molecule is O=C(C=Cc1c(Cl)nc2ccccn12)N1CCN(Cc2nc3ccccc3s2)CC1. The van der Waals surface area contributed by atoms with Crippen LogP contribution in [0.15, 0.2) is 54.7 Å². The summed E-state index contributed by atoms with van der Waals surface area (Å²) in [5.74, 6) is -0.00316. The summed E-state index contributed by atoms with van der Waals surface area (Å²) in [6.07, 6.45) is 5.23. The number of hydrogen-bond donors (Lipinski definition) is 0. The zero-order valence-electron chi connectivity index (χ0n) is 16.2. The van der Waals surface area contributed by atoms with E-state index < -0.39 is 0 Å². The molecule has 1 fully saturated rings. The maximum Gasteiger partial charge on any atom is 0.246 e. The molecule has 3 aromatic heterocycles. The first-order valence-corrected chi connectivity index (χ1v) is 11.0. The van der Waals surface area contributed by atoms with Gasteiger partial charge in [-0.15, -0.1) is 11.3 Å². The van der Waals surface area contributed by atoms with Crippen LogP contribution in [0.1, 0.15) is 10.7 Å². The van der Waals surface area contributed by atoms with Crippen molar-refractivity contribution in [3.63, 3.8) is 0 Å². The monoisotopic (exact) mass is 437 g/mol. The van der Waals surface area contributed by atoms with Crippen molar-refractivity contribution in [3.05, 3.63) is 70.6 Å². The summed E-state index contributed by atoms with van der Waals surface area (Å²) >= 11 is 7.98. The molecular formula is C22H20ClN5OS. The number of amides is 1. The van der Waals surface area contributed by atoms with Crippen LogP contribution in [-0.2, 0) is 11.3 Å². The third kappa shape index (κ3) is 3.84. The van der Waals surface area contributed by atoms with Gasteiger partial charge in [-0.05, 0) is 30.3 Å². The quantitative estimate of drug-likeness (QED) is 0.453. The summed E-state index contributed by atoms with van der Waals surface area (Å²) in [6.45, 7) is 3.91. The van der Waals surface area contributed by atoms with Gasteiger partial charge in [0.25, 0.3) is 0 Å². The number of carbonyl (C=O) groups excluding carboxylic acids is 1. The minimum absolute atomic E-state index is 0.00316. The van der Waals surface area contributed by atoms with E-state index in [2.05, 4.69) is 16.0 Å². The van der Waals surface area contributed by atoms with Gasteiger partial charge in [0.1, 0.15) is 10.7 Å². The molecule has 0 spiro atoms. The number of halogens is 1. The zero-order valence-corrected chi connectivity index (χ0v) is 17.8. The van der Waals surface area contributed by atoms with Crippen molar-refractivity contribution in [2.45, 2.75) is 6.54 Å². The van der Waals surface area contributed by atoms with Gasteiger partial charge >= 0.3 is 0 Å². The van der Waals surface area contributed by atoms with E-state index in [0.717, 1.165) is 41.5 Å². The Balaban J connectivity index is 1.20. The molecule has 1 aromatic carbocycles. The topological polar surface area (TPSA) is 53.7 Å². The van der Waals surface area contributed by atoms with E-state index in [1.807, 2.05) is 51.9 Å². The Morgan fingerprint density at radius 3 is 2.70 bits per heavy atom. The van der Waals surface area contributed by atoms with Crippen molar-refractivity contribution in [1.82, 2.24) is 24.2 Å². The number of imidazole rings is 1. The number of aromatic nitrogens is 3. The Kier molecular flexibility index (Phi) is 5.25. The molecule has 0 N–H and O–H groups in total. The van der Waals surface area contributed by atoms with Crippen LogP contribution in [0.4, 0.5) is 0 Å². The van der Waals surface area contributed by atoms with Gasteiger partial charge in [0.15, 0.2) is 5.15 Å². The fraction of sp³-hybridized carbons (Fsp3) is 0.227. The number of para-hydroxylation sites is 1. The molecule has 30 heavy (non-hydrogen) atoms. The predicted molar refractivity (Wildman–Crippen MR) is 121 cm³/mol. The number of rotatable bonds is 4. The van der Waals surface area contributed by atoms with Gasteiger partial charge < -0.3 is 4.90 Å². The third-order valence-corrected chi connectivity index (χ3v) is 6.59. The molecule has 6 nitrogen and oxygen atoms in total. The lowest BCUT2D eigenvalue weighted by Gasteiger charge is -2.33. The first-order valence-electron chi connectivity index (χ1n) is 9.84. The summed E-state index contributed by atoms with van der Waals surface area (Å²) in [4.78, 5) is 25.9. The summed E-state index contributed by atoms with van der Waals surface area (Å²) in [5, 5.41) is 1.52. The highest BCUT2D eigenvalue weighted by atomic mass is 35.5. The number of benzene rings is 1. The minimum Gasteiger partial charge on any atom is -0.337 e. The van der Waals surface area contributed by atoms with Gasteiger partial charge in [0.2, 0.25) is 5.91 Å². The van der Waals surface area contributed by atoms with E-state index in [9.17, 15) is 4.79 Å². The van der Waals surface area contributed by atoms with Crippen molar-refractivity contribution in [2.75, 3.05) is 26.2 Å². The number of nitrogens with zero attached hydrogens (tertiary/aromatic N) is 5. The first-order chi connectivity index (χ1) is 14.7. The van der Waals surface area contributed by atoms with E-state index in [-0.39, 0.29) is 5.91 Å². The molecule has 0 saturated carbocycles. The Morgan fingerprint density at radius 2 is 1.87 bits per heavy atom. The third-order valence-electron chi connectivity index (χ3n) is 5.29. The van der Waals surface area contributed by atoms with Crippen LogP contribution in [0.2, 0.25) is 5.15 Å². The highest BCUT2D eigenvalue weighted by molar-refractivity contribution is 7.18. The standard InChI is InChI=1S/C22H20ClN5OS/c23-22-17(28-10-4-3-7-19(28)25-22)8-9-21(29)27-13-11-26(12-14-27)15-20-24-16-5-1-2-6-18(16)30-20/h1-10H,11-15H2. The lowest BCUT2D eigenvalue weighted by Crippen LogP contribution is -2.47. The molecule has 4 aromatic rings. The van der Waals surface area contributed by atoms with Gasteiger partial charge in [-0.1, -0.05) is 29.8 Å². The molecule has 0 aliphatic carbocycles. The van der Waals surface area contributed by atoms with Gasteiger partial charge in [-0.2, -0.15) is 0 Å². The van der Waals surface area contributed by atoms with Crippen LogP contribution in [0.3, 0.4) is 0 Å². The molecule has 1 amide bonds. The molecule has 0 radical (unpaired) electrons. The lowest BCUT2D eigenvalue weighted by atomic mass is 10.3. The molecule has 1 aliphatic rings. The lowest BCUT2D eigenvalue weighted by molar-refractivity contribution is -0.127. The van der Waals surface area contributed by atoms with Gasteiger partial charge in [0.05, 0.1) is 22.5 Å². The maximum absolute atomic E-state index is 12.7. The van der Waals surface area contributed by atoms with E-state index >= 15 is 0 Å². The van der Waals surface area contributed by atoms with Crippen LogP contribution in [0, 0.1) is 0 Å². The number of carbonyl (C=O) groups is 1. The number of fused-ring (bicyclic) bond motifs is 2. The maximum atomic E-state index is 12.7. The number of piperazine rings is 1. The summed E-state index contributed by atoms with van der Waals surface area (Å²) in [5.41, 5.74) is 2.54. The molecule has 1 saturated heterocycles. The van der Waals surface area contributed by atoms with Crippen LogP contribution in [0.5, 0.6) is 0 Å². The molecule has 1 aliphatic heterocycles. The number of thiazole rings is 1. The first kappa shape index (κ1) is 19.2. The van der Waals surface area contributed by atoms with Crippen LogP contribution in [0.25, 0.3) is 21.9 Å². The highest BCUT2D eigenvalue weighted by Crippen LogP contribution is 2.23. The molecule has 0 bridgehead atoms. The van der Waals surface area contributed by atoms with E-state index in [4.69, 9.17) is 16.6 Å². The second-order valence-corrected chi connectivity index (χ2v) is 8.70. The summed E-state index contributed by atoms with van der Waals surface area (Å²) < 4.78 is 3.10. The molecule has 0 atom stereocenters. The summed E-state index contributed by atoms with van der Waals surface area (Å²) in [7, 11) is 0. The fourth-order valence-electron chi connectivity index (χ4n) is 3.70. The zero-order chi connectivity index (χ0) is 20.5. The Morgan fingerprint density at radius 1 is 1.07 bits per heavy atom. The predicted octanol–water partition coefficient (Wildman–Crippen LogP) is 3.96. The second-order valence-electron chi connectivity index (χ2n) is 7.23. The van der Waals surface area contributed by atoms with E-state index in [1.54, 1.807) is 23.5 Å².